The molecular formula is C30H23N2O2+. The van der Waals surface area contributed by atoms with E-state index in [-0.39, 0.29) is 18.4 Å². The van der Waals surface area contributed by atoms with Crippen molar-refractivity contribution >= 4 is 27.5 Å². The third kappa shape index (κ3) is 3.80. The van der Waals surface area contributed by atoms with Crippen LogP contribution in [0.1, 0.15) is 27.7 Å². The fourth-order valence-electron chi connectivity index (χ4n) is 4.53. The van der Waals surface area contributed by atoms with Gasteiger partial charge in [0.05, 0.1) is 0 Å². The number of Topliss-reactive ketones (excluding diaryl/α,β-unsaturated/α-hetero) is 1. The molecule has 0 fully saturated rings. The van der Waals surface area contributed by atoms with Crippen LogP contribution in [0.25, 0.3) is 21.7 Å². The number of furan rings is 1. The highest BCUT2D eigenvalue weighted by atomic mass is 16.3. The van der Waals surface area contributed by atoms with Crippen molar-refractivity contribution in [2.24, 2.45) is 0 Å². The van der Waals surface area contributed by atoms with E-state index in [1.54, 1.807) is 0 Å². The highest BCUT2D eigenvalue weighted by molar-refractivity contribution is 5.99. The van der Waals surface area contributed by atoms with Crippen molar-refractivity contribution < 1.29 is 13.8 Å². The number of hydrogen-bond donors (Lipinski definition) is 0. The molecule has 0 bridgehead atoms. The van der Waals surface area contributed by atoms with Crippen molar-refractivity contribution in [2.75, 3.05) is 0 Å². The van der Waals surface area contributed by atoms with Crippen molar-refractivity contribution in [1.29, 1.82) is 0 Å². The minimum Gasteiger partial charge on any atom is -0.456 e. The Morgan fingerprint density at radius 3 is 2.35 bits per heavy atom. The summed E-state index contributed by atoms with van der Waals surface area (Å²) in [5, 5.41) is 3.28. The van der Waals surface area contributed by atoms with E-state index in [0.29, 0.717) is 0 Å². The molecule has 0 saturated carbocycles. The van der Waals surface area contributed by atoms with Gasteiger partial charge in [0, 0.05) is 16.5 Å². The smallest absolute Gasteiger partial charge is 0.245 e. The molecule has 164 valence electrons. The molecule has 0 amide bonds. The fourth-order valence-corrected chi connectivity index (χ4v) is 4.53. The van der Waals surface area contributed by atoms with Crippen molar-refractivity contribution in [3.8, 4) is 0 Å². The first-order valence-corrected chi connectivity index (χ1v) is 11.4. The number of hydrogen-bond acceptors (Lipinski definition) is 2. The Labute approximate surface area is 197 Å². The van der Waals surface area contributed by atoms with Gasteiger partial charge in [0.1, 0.15) is 18.0 Å². The van der Waals surface area contributed by atoms with Gasteiger partial charge in [-0.2, -0.15) is 0 Å². The summed E-state index contributed by atoms with van der Waals surface area (Å²) in [6.07, 6.45) is 5.92. The molecule has 4 nitrogen and oxygen atoms in total. The standard InChI is InChI=1S/C30H23N2O2/c33-27(25-15-14-22-8-4-5-11-24(22)18-25)20-31-16-17-32(21-31)30(23-9-2-1-3-10-23)29-19-26-12-6-7-13-28(26)34-29/h1-19,21,30H,20H2/q+1. The first-order chi connectivity index (χ1) is 16.7. The first kappa shape index (κ1) is 20.2. The van der Waals surface area contributed by atoms with Crippen molar-refractivity contribution in [2.45, 2.75) is 12.6 Å². The van der Waals surface area contributed by atoms with Crippen LogP contribution in [0.5, 0.6) is 0 Å². The Bertz CT molecular complexity index is 1580. The van der Waals surface area contributed by atoms with E-state index < -0.39 is 0 Å². The number of para-hydroxylation sites is 1. The van der Waals surface area contributed by atoms with Crippen LogP contribution in [0.15, 0.2) is 126 Å². The van der Waals surface area contributed by atoms with Gasteiger partial charge in [-0.05, 0) is 29.0 Å². The van der Waals surface area contributed by atoms with Gasteiger partial charge in [-0.15, -0.1) is 0 Å². The lowest BCUT2D eigenvalue weighted by Gasteiger charge is -2.11. The Morgan fingerprint density at radius 1 is 0.794 bits per heavy atom. The Kier molecular flexibility index (Phi) is 5.04. The van der Waals surface area contributed by atoms with Crippen molar-refractivity contribution in [3.05, 3.63) is 139 Å². The molecule has 0 radical (unpaired) electrons. The van der Waals surface area contributed by atoms with Gasteiger partial charge in [-0.25, -0.2) is 9.13 Å². The number of carbonyl (C=O) groups is 1. The second-order valence-electron chi connectivity index (χ2n) is 8.52. The lowest BCUT2D eigenvalue weighted by molar-refractivity contribution is -0.682. The van der Waals surface area contributed by atoms with Crippen LogP contribution in [0.4, 0.5) is 0 Å². The molecule has 4 aromatic carbocycles. The predicted octanol–water partition coefficient (Wildman–Crippen LogP) is 6.20. The van der Waals surface area contributed by atoms with Gasteiger partial charge in [0.15, 0.2) is 18.3 Å². The summed E-state index contributed by atoms with van der Waals surface area (Å²) in [5.74, 6) is 0.935. The van der Waals surface area contributed by atoms with Crippen LogP contribution in [-0.2, 0) is 6.54 Å². The summed E-state index contributed by atoms with van der Waals surface area (Å²) in [6.45, 7) is 0.271. The SMILES string of the molecule is O=C(C[n+]1ccn(C(c2ccccc2)c2cc3ccccc3o2)c1)c1ccc2ccccc2c1. The summed E-state index contributed by atoms with van der Waals surface area (Å²) in [7, 11) is 0. The molecule has 4 heteroatoms. The van der Waals surface area contributed by atoms with Gasteiger partial charge in [0.25, 0.3) is 0 Å². The molecule has 0 aliphatic rings. The van der Waals surface area contributed by atoms with E-state index in [4.69, 9.17) is 4.42 Å². The summed E-state index contributed by atoms with van der Waals surface area (Å²) in [5.41, 5.74) is 2.70. The normalized spacial score (nSPS) is 12.2. The molecule has 6 rings (SSSR count). The maximum Gasteiger partial charge on any atom is 0.245 e. The van der Waals surface area contributed by atoms with Gasteiger partial charge >= 0.3 is 0 Å². The van der Waals surface area contributed by atoms with E-state index in [1.165, 1.54) is 0 Å². The fraction of sp³-hybridized carbons (Fsp3) is 0.0667. The minimum absolute atomic E-state index is 0.0773. The molecular weight excluding hydrogens is 420 g/mol. The molecule has 1 unspecified atom stereocenters. The highest BCUT2D eigenvalue weighted by Crippen LogP contribution is 2.31. The van der Waals surface area contributed by atoms with E-state index in [2.05, 4.69) is 34.9 Å². The highest BCUT2D eigenvalue weighted by Gasteiger charge is 2.26. The minimum atomic E-state index is -0.134. The zero-order valence-electron chi connectivity index (χ0n) is 18.5. The number of rotatable bonds is 6. The van der Waals surface area contributed by atoms with Crippen LogP contribution in [0.2, 0.25) is 0 Å². The predicted molar refractivity (Wildman–Crippen MR) is 133 cm³/mol. The molecule has 1 atom stereocenters. The van der Waals surface area contributed by atoms with Gasteiger partial charge in [-0.1, -0.05) is 84.9 Å². The Morgan fingerprint density at radius 2 is 1.53 bits per heavy atom. The molecule has 0 N–H and O–H groups in total. The number of nitrogens with zero attached hydrogens (tertiary/aromatic N) is 2. The third-order valence-corrected chi connectivity index (χ3v) is 6.24. The lowest BCUT2D eigenvalue weighted by Crippen LogP contribution is -2.36. The molecule has 0 aliphatic heterocycles. The van der Waals surface area contributed by atoms with Gasteiger partial charge in [-0.3, -0.25) is 4.79 Å². The summed E-state index contributed by atoms with van der Waals surface area (Å²) < 4.78 is 10.3. The second kappa shape index (κ2) is 8.49. The van der Waals surface area contributed by atoms with Crippen LogP contribution in [0, 0.1) is 0 Å². The maximum absolute atomic E-state index is 13.0. The number of ketones is 1. The quantitative estimate of drug-likeness (QED) is 0.227. The first-order valence-electron chi connectivity index (χ1n) is 11.4. The average Bonchev–Trinajstić information content (AvgIpc) is 3.51. The zero-order valence-corrected chi connectivity index (χ0v) is 18.5. The Hall–Kier alpha value is -4.44. The third-order valence-electron chi connectivity index (χ3n) is 6.24. The number of carbonyl (C=O) groups excluding carboxylic acids is 1. The monoisotopic (exact) mass is 443 g/mol. The summed E-state index contributed by atoms with van der Waals surface area (Å²) >= 11 is 0. The average molecular weight is 444 g/mol. The topological polar surface area (TPSA) is 39.0 Å². The van der Waals surface area contributed by atoms with E-state index in [0.717, 1.165) is 38.6 Å². The number of benzene rings is 4. The van der Waals surface area contributed by atoms with E-state index in [9.17, 15) is 4.79 Å². The molecule has 2 heterocycles. The van der Waals surface area contributed by atoms with Crippen LogP contribution < -0.4 is 4.57 Å². The zero-order chi connectivity index (χ0) is 22.9. The Balaban J connectivity index is 1.32. The van der Waals surface area contributed by atoms with Crippen LogP contribution in [-0.4, -0.2) is 10.4 Å². The molecule has 0 saturated heterocycles. The maximum atomic E-state index is 13.0. The second-order valence-corrected chi connectivity index (χ2v) is 8.52. The van der Waals surface area contributed by atoms with E-state index in [1.807, 2.05) is 96.1 Å². The molecule has 34 heavy (non-hydrogen) atoms. The van der Waals surface area contributed by atoms with Crippen LogP contribution in [0.3, 0.4) is 0 Å². The van der Waals surface area contributed by atoms with Crippen LogP contribution >= 0.6 is 0 Å². The number of imidazole rings is 1. The van der Waals surface area contributed by atoms with Crippen molar-refractivity contribution in [3.63, 3.8) is 0 Å². The van der Waals surface area contributed by atoms with Crippen molar-refractivity contribution in [1.82, 2.24) is 4.57 Å². The van der Waals surface area contributed by atoms with Gasteiger partial charge < -0.3 is 4.42 Å². The molecule has 6 aromatic rings. The number of fused-ring (bicyclic) bond motifs is 2. The lowest BCUT2D eigenvalue weighted by atomic mass is 10.0. The summed E-state index contributed by atoms with van der Waals surface area (Å²) in [4.78, 5) is 13.0. The molecule has 0 spiro atoms. The summed E-state index contributed by atoms with van der Waals surface area (Å²) in [6, 6.07) is 34.3. The molecule has 0 aliphatic carbocycles. The van der Waals surface area contributed by atoms with Gasteiger partial charge in [0.2, 0.25) is 12.1 Å². The molecule has 2 aromatic heterocycles. The largest absolute Gasteiger partial charge is 0.456 e. The van der Waals surface area contributed by atoms with E-state index >= 15 is 0 Å². The number of aromatic nitrogens is 2.